The van der Waals surface area contributed by atoms with Crippen LogP contribution < -0.4 is 10.6 Å². The number of aryl methyl sites for hydroxylation is 1. The molecule has 3 heterocycles. The zero-order chi connectivity index (χ0) is 24.9. The molecule has 0 radical (unpaired) electrons. The molecular weight excluding hydrogens is 506 g/mol. The Morgan fingerprint density at radius 1 is 1.09 bits per heavy atom. The molecule has 178 valence electrons. The highest BCUT2D eigenvalue weighted by molar-refractivity contribution is 6.39. The molecule has 3 N–H and O–H groups in total. The van der Waals surface area contributed by atoms with Gasteiger partial charge in [-0.1, -0.05) is 23.2 Å². The average molecular weight is 520 g/mol. The minimum atomic E-state index is -4.47. The fourth-order valence-electron chi connectivity index (χ4n) is 3.61. The van der Waals surface area contributed by atoms with Crippen molar-refractivity contribution in [2.75, 3.05) is 10.6 Å². The molecule has 0 aliphatic carbocycles. The normalized spacial score (nSPS) is 11.8. The lowest BCUT2D eigenvalue weighted by atomic mass is 10.1. The van der Waals surface area contributed by atoms with Crippen molar-refractivity contribution in [1.29, 1.82) is 0 Å². The summed E-state index contributed by atoms with van der Waals surface area (Å²) in [5, 5.41) is 6.78. The van der Waals surface area contributed by atoms with Gasteiger partial charge in [-0.3, -0.25) is 9.78 Å². The molecule has 7 nitrogen and oxygen atoms in total. The van der Waals surface area contributed by atoms with Crippen LogP contribution in [0.1, 0.15) is 21.7 Å². The minimum Gasteiger partial charge on any atom is -0.460 e. The Bertz CT molecular complexity index is 1570. The van der Waals surface area contributed by atoms with E-state index in [0.717, 1.165) is 12.1 Å². The van der Waals surface area contributed by atoms with Crippen LogP contribution in [0.3, 0.4) is 0 Å². The van der Waals surface area contributed by atoms with Gasteiger partial charge in [-0.05, 0) is 43.3 Å². The minimum absolute atomic E-state index is 0.177. The first-order chi connectivity index (χ1) is 16.6. The van der Waals surface area contributed by atoms with Gasteiger partial charge >= 0.3 is 6.18 Å². The largest absolute Gasteiger partial charge is 0.460 e. The van der Waals surface area contributed by atoms with Gasteiger partial charge in [0.25, 0.3) is 5.91 Å². The summed E-state index contributed by atoms with van der Waals surface area (Å²) in [6.07, 6.45) is -1.61. The van der Waals surface area contributed by atoms with E-state index in [1.807, 2.05) is 0 Å². The highest BCUT2D eigenvalue weighted by Crippen LogP contribution is 2.35. The van der Waals surface area contributed by atoms with Gasteiger partial charge in [0.2, 0.25) is 5.95 Å². The predicted octanol–water partition coefficient (Wildman–Crippen LogP) is 7.33. The summed E-state index contributed by atoms with van der Waals surface area (Å²) < 4.78 is 44.2. The fraction of sp³-hybridized carbons (Fsp3) is 0.0870. The number of halogens is 5. The second-order valence-corrected chi connectivity index (χ2v) is 8.45. The number of H-pyrrole nitrogens is 1. The molecule has 5 aromatic rings. The topological polar surface area (TPSA) is 95.8 Å². The van der Waals surface area contributed by atoms with E-state index in [1.54, 1.807) is 19.1 Å². The molecule has 0 saturated carbocycles. The number of rotatable bonds is 4. The number of carbonyl (C=O) groups is 1. The molecule has 0 saturated heterocycles. The summed E-state index contributed by atoms with van der Waals surface area (Å²) in [6, 6.07) is 7.45. The van der Waals surface area contributed by atoms with Gasteiger partial charge in [0.1, 0.15) is 16.9 Å². The SMILES string of the molecule is Cc1cc2c(o1)c(C(=O)Nc1ccc(C(F)(F)F)cc1)cc1[nH]c(Nc3c(Cl)cncc3Cl)nc12. The quantitative estimate of drug-likeness (QED) is 0.231. The molecule has 0 spiro atoms. The van der Waals surface area contributed by atoms with Crippen LogP contribution in [-0.2, 0) is 6.18 Å². The number of pyridine rings is 1. The van der Waals surface area contributed by atoms with Crippen LogP contribution >= 0.6 is 23.2 Å². The molecule has 1 amide bonds. The summed E-state index contributed by atoms with van der Waals surface area (Å²) in [7, 11) is 0. The summed E-state index contributed by atoms with van der Waals surface area (Å²) >= 11 is 12.3. The molecule has 0 aliphatic heterocycles. The van der Waals surface area contributed by atoms with E-state index in [4.69, 9.17) is 27.6 Å². The Kier molecular flexibility index (Phi) is 5.57. The van der Waals surface area contributed by atoms with E-state index in [9.17, 15) is 18.0 Å². The Morgan fingerprint density at radius 2 is 1.77 bits per heavy atom. The third-order valence-electron chi connectivity index (χ3n) is 5.19. The van der Waals surface area contributed by atoms with E-state index in [-0.39, 0.29) is 16.8 Å². The molecule has 0 fully saturated rings. The zero-order valence-electron chi connectivity index (χ0n) is 17.7. The van der Waals surface area contributed by atoms with Crippen LogP contribution in [0.2, 0.25) is 10.0 Å². The molecule has 0 unspecified atom stereocenters. The number of aromatic amines is 1. The smallest absolute Gasteiger partial charge is 0.416 e. The van der Waals surface area contributed by atoms with Crippen LogP contribution in [0, 0.1) is 6.92 Å². The van der Waals surface area contributed by atoms with Crippen LogP contribution in [-0.4, -0.2) is 20.9 Å². The maximum Gasteiger partial charge on any atom is 0.416 e. The van der Waals surface area contributed by atoms with Gasteiger partial charge in [0, 0.05) is 23.5 Å². The number of carbonyl (C=O) groups excluding carboxylic acids is 1. The molecule has 0 atom stereocenters. The third-order valence-corrected chi connectivity index (χ3v) is 5.76. The second-order valence-electron chi connectivity index (χ2n) is 7.64. The summed E-state index contributed by atoms with van der Waals surface area (Å²) in [6.45, 7) is 1.73. The van der Waals surface area contributed by atoms with Crippen LogP contribution in [0.5, 0.6) is 0 Å². The highest BCUT2D eigenvalue weighted by Gasteiger charge is 2.30. The summed E-state index contributed by atoms with van der Waals surface area (Å²) in [5.74, 6) is 0.305. The number of imidazole rings is 1. The number of benzene rings is 2. The number of fused-ring (bicyclic) bond motifs is 3. The standard InChI is InChI=1S/C23H14Cl2F3N5O2/c1-10-6-13-18-17(31-22(32-18)33-19-15(24)8-29-9-16(19)25)7-14(20(13)35-10)21(34)30-12-4-2-11(3-5-12)23(26,27)28/h2-9H,1H3,(H,30,34)(H2,29,31,32,33). The lowest BCUT2D eigenvalue weighted by Crippen LogP contribution is -2.13. The van der Waals surface area contributed by atoms with E-state index in [1.165, 1.54) is 24.5 Å². The van der Waals surface area contributed by atoms with Crippen molar-refractivity contribution in [3.8, 4) is 0 Å². The maximum atomic E-state index is 13.1. The molecule has 35 heavy (non-hydrogen) atoms. The number of nitrogens with zero attached hydrogens (tertiary/aromatic N) is 2. The molecule has 0 bridgehead atoms. The number of furan rings is 1. The van der Waals surface area contributed by atoms with E-state index < -0.39 is 17.6 Å². The number of alkyl halides is 3. The predicted molar refractivity (Wildman–Crippen MR) is 128 cm³/mol. The van der Waals surface area contributed by atoms with Crippen molar-refractivity contribution in [2.24, 2.45) is 0 Å². The molecule has 2 aromatic carbocycles. The molecule has 12 heteroatoms. The van der Waals surface area contributed by atoms with E-state index in [0.29, 0.717) is 43.9 Å². The molecule has 5 rings (SSSR count). The first kappa shape index (κ1) is 23.0. The lowest BCUT2D eigenvalue weighted by Gasteiger charge is -2.09. The second kappa shape index (κ2) is 8.47. The summed E-state index contributed by atoms with van der Waals surface area (Å²) in [4.78, 5) is 24.6. The van der Waals surface area contributed by atoms with E-state index in [2.05, 4.69) is 25.6 Å². The maximum absolute atomic E-state index is 13.1. The number of nitrogens with one attached hydrogen (secondary N) is 3. The summed E-state index contributed by atoms with van der Waals surface area (Å²) in [5.41, 5.74) is 1.31. The van der Waals surface area contributed by atoms with Crippen molar-refractivity contribution < 1.29 is 22.4 Å². The highest BCUT2D eigenvalue weighted by atomic mass is 35.5. The van der Waals surface area contributed by atoms with Crippen LogP contribution in [0.15, 0.2) is 53.2 Å². The number of anilines is 3. The monoisotopic (exact) mass is 519 g/mol. The first-order valence-electron chi connectivity index (χ1n) is 10.1. The fourth-order valence-corrected chi connectivity index (χ4v) is 4.07. The Balaban J connectivity index is 1.52. The van der Waals surface area contributed by atoms with Crippen molar-refractivity contribution in [2.45, 2.75) is 13.1 Å². The van der Waals surface area contributed by atoms with E-state index >= 15 is 0 Å². The van der Waals surface area contributed by atoms with Gasteiger partial charge < -0.3 is 20.0 Å². The van der Waals surface area contributed by atoms with Gasteiger partial charge in [-0.15, -0.1) is 0 Å². The van der Waals surface area contributed by atoms with Crippen LogP contribution in [0.25, 0.3) is 22.0 Å². The van der Waals surface area contributed by atoms with Gasteiger partial charge in [-0.25, -0.2) is 4.98 Å². The lowest BCUT2D eigenvalue weighted by molar-refractivity contribution is -0.137. The van der Waals surface area contributed by atoms with Gasteiger partial charge in [0.05, 0.1) is 32.4 Å². The average Bonchev–Trinajstić information content (AvgIpc) is 3.38. The number of amides is 1. The van der Waals surface area contributed by atoms with Crippen molar-refractivity contribution >= 4 is 68.4 Å². The third kappa shape index (κ3) is 4.38. The van der Waals surface area contributed by atoms with Crippen molar-refractivity contribution in [1.82, 2.24) is 15.0 Å². The van der Waals surface area contributed by atoms with Crippen LogP contribution in [0.4, 0.5) is 30.5 Å². The van der Waals surface area contributed by atoms with Crippen molar-refractivity contribution in [3.05, 3.63) is 75.7 Å². The number of hydrogen-bond donors (Lipinski definition) is 3. The Morgan fingerprint density at radius 3 is 2.43 bits per heavy atom. The van der Waals surface area contributed by atoms with Crippen molar-refractivity contribution in [3.63, 3.8) is 0 Å². The Hall–Kier alpha value is -3.76. The van der Waals surface area contributed by atoms with Gasteiger partial charge in [-0.2, -0.15) is 13.2 Å². The first-order valence-corrected chi connectivity index (χ1v) is 10.8. The molecular formula is C23H14Cl2F3N5O2. The molecule has 0 aliphatic rings. The zero-order valence-corrected chi connectivity index (χ0v) is 19.2. The molecule has 3 aromatic heterocycles. The number of hydrogen-bond acceptors (Lipinski definition) is 5. The van der Waals surface area contributed by atoms with Gasteiger partial charge in [0.15, 0.2) is 0 Å². The Labute approximate surface area is 205 Å². The number of aromatic nitrogens is 3.